The third kappa shape index (κ3) is 2.87. The number of rotatable bonds is 3. The molecule has 0 spiro atoms. The van der Waals surface area contributed by atoms with Crippen LogP contribution in [0.3, 0.4) is 0 Å². The van der Waals surface area contributed by atoms with Crippen molar-refractivity contribution in [1.82, 2.24) is 0 Å². The number of fused-ring (bicyclic) bond motifs is 1. The number of hydrogen-bond donors (Lipinski definition) is 0. The molecule has 1 aliphatic rings. The van der Waals surface area contributed by atoms with Crippen LogP contribution < -0.4 is 9.47 Å². The molecule has 1 aromatic carbocycles. The molecule has 0 fully saturated rings. The number of nitro groups is 1. The summed E-state index contributed by atoms with van der Waals surface area (Å²) in [6, 6.07) is 2.50. The Balaban J connectivity index is 2.20. The Morgan fingerprint density at radius 3 is 2.95 bits per heavy atom. The van der Waals surface area contributed by atoms with Crippen molar-refractivity contribution in [3.05, 3.63) is 27.3 Å². The van der Waals surface area contributed by atoms with Gasteiger partial charge in [0.1, 0.15) is 17.7 Å². The smallest absolute Gasteiger partial charge is 0.309 e. The maximum Gasteiger partial charge on any atom is 0.309 e. The highest BCUT2D eigenvalue weighted by Gasteiger charge is 2.27. The first-order chi connectivity index (χ1) is 9.01. The van der Waals surface area contributed by atoms with Gasteiger partial charge in [0.2, 0.25) is 0 Å². The first-order valence-corrected chi connectivity index (χ1v) is 5.73. The molecule has 1 heterocycles. The lowest BCUT2D eigenvalue weighted by Gasteiger charge is -2.25. The summed E-state index contributed by atoms with van der Waals surface area (Å²) >= 11 is 5.77. The Bertz CT molecular complexity index is 532. The predicted octanol–water partition coefficient (Wildman–Crippen LogP) is 1.95. The van der Waals surface area contributed by atoms with Crippen molar-refractivity contribution in [2.24, 2.45) is 0 Å². The van der Waals surface area contributed by atoms with E-state index < -0.39 is 17.0 Å². The molecule has 1 atom stereocenters. The second kappa shape index (κ2) is 5.31. The largest absolute Gasteiger partial charge is 0.486 e. The fourth-order valence-electron chi connectivity index (χ4n) is 1.64. The van der Waals surface area contributed by atoms with Crippen LogP contribution in [0.15, 0.2) is 12.1 Å². The zero-order valence-corrected chi connectivity index (χ0v) is 10.7. The molecular weight excluding hydrogens is 278 g/mol. The quantitative estimate of drug-likeness (QED) is 0.480. The molecule has 19 heavy (non-hydrogen) atoms. The third-order valence-electron chi connectivity index (χ3n) is 2.55. The van der Waals surface area contributed by atoms with Gasteiger partial charge in [-0.25, -0.2) is 0 Å². The van der Waals surface area contributed by atoms with E-state index in [0.717, 1.165) is 0 Å². The van der Waals surface area contributed by atoms with Crippen LogP contribution in [0.1, 0.15) is 6.42 Å². The molecule has 0 saturated heterocycles. The van der Waals surface area contributed by atoms with Crippen molar-refractivity contribution >= 4 is 23.3 Å². The maximum atomic E-state index is 11.1. The number of methoxy groups -OCH3 is 1. The molecule has 8 heteroatoms. The number of benzene rings is 1. The van der Waals surface area contributed by atoms with Gasteiger partial charge in [-0.3, -0.25) is 14.9 Å². The van der Waals surface area contributed by atoms with Crippen LogP contribution in [-0.2, 0) is 9.53 Å². The van der Waals surface area contributed by atoms with Crippen LogP contribution >= 0.6 is 11.6 Å². The van der Waals surface area contributed by atoms with E-state index >= 15 is 0 Å². The summed E-state index contributed by atoms with van der Waals surface area (Å²) in [6.45, 7) is 0.112. The van der Waals surface area contributed by atoms with Gasteiger partial charge in [-0.2, -0.15) is 0 Å². The summed E-state index contributed by atoms with van der Waals surface area (Å²) in [5.74, 6) is 0.0815. The maximum absolute atomic E-state index is 11.1. The third-order valence-corrected chi connectivity index (χ3v) is 2.85. The number of esters is 1. The Kier molecular flexibility index (Phi) is 3.75. The minimum Gasteiger partial charge on any atom is -0.486 e. The average molecular weight is 288 g/mol. The lowest BCUT2D eigenvalue weighted by molar-refractivity contribution is -0.384. The van der Waals surface area contributed by atoms with Gasteiger partial charge in [0.05, 0.1) is 24.5 Å². The zero-order chi connectivity index (χ0) is 14.0. The Morgan fingerprint density at radius 2 is 2.32 bits per heavy atom. The predicted molar refractivity (Wildman–Crippen MR) is 64.7 cm³/mol. The van der Waals surface area contributed by atoms with Gasteiger partial charge in [-0.15, -0.1) is 0 Å². The van der Waals surface area contributed by atoms with Gasteiger partial charge in [-0.05, 0) is 0 Å². The van der Waals surface area contributed by atoms with Crippen molar-refractivity contribution < 1.29 is 23.9 Å². The van der Waals surface area contributed by atoms with Gasteiger partial charge in [0.25, 0.3) is 5.69 Å². The van der Waals surface area contributed by atoms with E-state index in [4.69, 9.17) is 21.1 Å². The van der Waals surface area contributed by atoms with Crippen LogP contribution in [0.25, 0.3) is 0 Å². The summed E-state index contributed by atoms with van der Waals surface area (Å²) in [6.07, 6.45) is -0.470. The summed E-state index contributed by atoms with van der Waals surface area (Å²) in [5, 5.41) is 10.7. The Labute approximate surface area is 113 Å². The number of carbonyl (C=O) groups is 1. The van der Waals surface area contributed by atoms with Crippen LogP contribution in [-0.4, -0.2) is 30.7 Å². The van der Waals surface area contributed by atoms with Crippen molar-refractivity contribution in [2.75, 3.05) is 13.7 Å². The molecule has 1 aliphatic heterocycles. The van der Waals surface area contributed by atoms with Crippen LogP contribution in [0.5, 0.6) is 11.5 Å². The molecule has 0 aromatic heterocycles. The number of ether oxygens (including phenoxy) is 3. The SMILES string of the molecule is COC(=O)C[C@@H]1COc2cc([N+](=O)[O-])c(Cl)cc2O1. The summed E-state index contributed by atoms with van der Waals surface area (Å²) in [5.41, 5.74) is -0.254. The van der Waals surface area contributed by atoms with Gasteiger partial charge in [0, 0.05) is 6.07 Å². The lowest BCUT2D eigenvalue weighted by atomic mass is 10.2. The minimum absolute atomic E-state index is 0.0323. The monoisotopic (exact) mass is 287 g/mol. The summed E-state index contributed by atoms with van der Waals surface area (Å²) in [7, 11) is 1.28. The molecule has 0 aliphatic carbocycles. The van der Waals surface area contributed by atoms with Crippen molar-refractivity contribution in [2.45, 2.75) is 12.5 Å². The topological polar surface area (TPSA) is 87.9 Å². The van der Waals surface area contributed by atoms with Crippen molar-refractivity contribution in [3.8, 4) is 11.5 Å². The highest BCUT2D eigenvalue weighted by molar-refractivity contribution is 6.32. The van der Waals surface area contributed by atoms with Crippen LogP contribution in [0.2, 0.25) is 5.02 Å². The fourth-order valence-corrected chi connectivity index (χ4v) is 1.86. The number of halogens is 1. The first kappa shape index (κ1) is 13.4. The summed E-state index contributed by atoms with van der Waals surface area (Å²) < 4.78 is 15.3. The standard InChI is InChI=1S/C11H10ClNO6/c1-17-11(14)2-6-5-18-9-4-8(13(15)16)7(12)3-10(9)19-6/h3-4,6H,2,5H2,1H3/t6-/m1/s1. The van der Waals surface area contributed by atoms with E-state index in [2.05, 4.69) is 4.74 Å². The molecule has 102 valence electrons. The number of carbonyl (C=O) groups excluding carboxylic acids is 1. The fraction of sp³-hybridized carbons (Fsp3) is 0.364. The highest BCUT2D eigenvalue weighted by atomic mass is 35.5. The second-order valence-electron chi connectivity index (χ2n) is 3.84. The molecule has 7 nitrogen and oxygen atoms in total. The number of nitrogens with zero attached hydrogens (tertiary/aromatic N) is 1. The lowest BCUT2D eigenvalue weighted by Crippen LogP contribution is -2.31. The Morgan fingerprint density at radius 1 is 1.58 bits per heavy atom. The number of nitro benzene ring substituents is 1. The molecule has 0 unspecified atom stereocenters. The molecular formula is C11H10ClNO6. The van der Waals surface area contributed by atoms with E-state index in [9.17, 15) is 14.9 Å². The molecule has 0 N–H and O–H groups in total. The first-order valence-electron chi connectivity index (χ1n) is 5.35. The average Bonchev–Trinajstić information content (AvgIpc) is 2.37. The zero-order valence-electron chi connectivity index (χ0n) is 9.92. The molecule has 0 radical (unpaired) electrons. The molecule has 0 saturated carbocycles. The summed E-state index contributed by atoms with van der Waals surface area (Å²) in [4.78, 5) is 21.2. The van der Waals surface area contributed by atoms with Crippen molar-refractivity contribution in [3.63, 3.8) is 0 Å². The molecule has 0 bridgehead atoms. The van der Waals surface area contributed by atoms with Crippen LogP contribution in [0.4, 0.5) is 5.69 Å². The van der Waals surface area contributed by atoms with E-state index in [-0.39, 0.29) is 35.2 Å². The normalized spacial score (nSPS) is 16.8. The van der Waals surface area contributed by atoms with E-state index in [1.54, 1.807) is 0 Å². The van der Waals surface area contributed by atoms with E-state index in [0.29, 0.717) is 0 Å². The molecule has 1 aromatic rings. The molecule has 0 amide bonds. The van der Waals surface area contributed by atoms with Gasteiger partial charge in [0.15, 0.2) is 11.5 Å². The van der Waals surface area contributed by atoms with Crippen molar-refractivity contribution in [1.29, 1.82) is 0 Å². The highest BCUT2D eigenvalue weighted by Crippen LogP contribution is 2.40. The second-order valence-corrected chi connectivity index (χ2v) is 4.25. The van der Waals surface area contributed by atoms with Crippen LogP contribution in [0, 0.1) is 10.1 Å². The molecule has 2 rings (SSSR count). The van der Waals surface area contributed by atoms with Gasteiger partial charge in [-0.1, -0.05) is 11.6 Å². The minimum atomic E-state index is -0.605. The van der Waals surface area contributed by atoms with E-state index in [1.807, 2.05) is 0 Å². The Hall–Kier alpha value is -2.02. The van der Waals surface area contributed by atoms with Gasteiger partial charge < -0.3 is 14.2 Å². The van der Waals surface area contributed by atoms with E-state index in [1.165, 1.54) is 19.2 Å². The number of hydrogen-bond acceptors (Lipinski definition) is 6. The van der Waals surface area contributed by atoms with Gasteiger partial charge >= 0.3 is 5.97 Å².